The van der Waals surface area contributed by atoms with Crippen molar-refractivity contribution in [2.75, 3.05) is 5.73 Å². The van der Waals surface area contributed by atoms with Gasteiger partial charge in [-0.1, -0.05) is 17.7 Å². The van der Waals surface area contributed by atoms with Crippen LogP contribution in [0.3, 0.4) is 0 Å². The van der Waals surface area contributed by atoms with E-state index in [2.05, 4.69) is 4.98 Å². The highest BCUT2D eigenvalue weighted by Gasteiger charge is 2.16. The SMILES string of the molecule is Cc1cc(F)c(-n2c(N)nc3c(Cl)cccc32)cc1F. The van der Waals surface area contributed by atoms with Gasteiger partial charge in [0.2, 0.25) is 5.95 Å². The molecular formula is C14H10ClF2N3. The molecule has 0 atom stereocenters. The Morgan fingerprint density at radius 2 is 1.95 bits per heavy atom. The van der Waals surface area contributed by atoms with Crippen molar-refractivity contribution in [1.82, 2.24) is 9.55 Å². The molecule has 0 aliphatic rings. The van der Waals surface area contributed by atoms with E-state index in [0.717, 1.165) is 12.1 Å². The average molecular weight is 294 g/mol. The molecule has 1 heterocycles. The van der Waals surface area contributed by atoms with Gasteiger partial charge < -0.3 is 5.73 Å². The van der Waals surface area contributed by atoms with Crippen LogP contribution in [-0.4, -0.2) is 9.55 Å². The number of benzene rings is 2. The highest BCUT2D eigenvalue weighted by Crippen LogP contribution is 2.29. The molecule has 3 aromatic rings. The second-order valence-electron chi connectivity index (χ2n) is 4.47. The Morgan fingerprint density at radius 3 is 2.70 bits per heavy atom. The van der Waals surface area contributed by atoms with Crippen molar-refractivity contribution in [2.24, 2.45) is 0 Å². The second kappa shape index (κ2) is 4.45. The maximum atomic E-state index is 14.1. The number of rotatable bonds is 1. The van der Waals surface area contributed by atoms with Crippen LogP contribution in [0.15, 0.2) is 30.3 Å². The monoisotopic (exact) mass is 293 g/mol. The first-order chi connectivity index (χ1) is 9.49. The molecule has 0 saturated heterocycles. The summed E-state index contributed by atoms with van der Waals surface area (Å²) in [6.45, 7) is 1.49. The average Bonchev–Trinajstić information content (AvgIpc) is 2.72. The number of anilines is 1. The molecule has 0 aliphatic heterocycles. The van der Waals surface area contributed by atoms with E-state index < -0.39 is 11.6 Å². The summed E-state index contributed by atoms with van der Waals surface area (Å²) in [6, 6.07) is 7.28. The molecule has 0 saturated carbocycles. The van der Waals surface area contributed by atoms with Gasteiger partial charge >= 0.3 is 0 Å². The molecule has 6 heteroatoms. The molecule has 3 nitrogen and oxygen atoms in total. The number of fused-ring (bicyclic) bond motifs is 1. The van der Waals surface area contributed by atoms with E-state index in [9.17, 15) is 8.78 Å². The maximum absolute atomic E-state index is 14.1. The molecule has 0 fully saturated rings. The van der Waals surface area contributed by atoms with Crippen molar-refractivity contribution >= 4 is 28.6 Å². The van der Waals surface area contributed by atoms with Crippen LogP contribution < -0.4 is 5.73 Å². The normalized spacial score (nSPS) is 11.2. The van der Waals surface area contributed by atoms with Gasteiger partial charge in [-0.05, 0) is 30.7 Å². The van der Waals surface area contributed by atoms with Gasteiger partial charge in [0.1, 0.15) is 17.2 Å². The van der Waals surface area contributed by atoms with Crippen molar-refractivity contribution in [3.05, 3.63) is 52.6 Å². The molecule has 20 heavy (non-hydrogen) atoms. The number of hydrogen-bond donors (Lipinski definition) is 1. The van der Waals surface area contributed by atoms with Crippen molar-refractivity contribution in [2.45, 2.75) is 6.92 Å². The Morgan fingerprint density at radius 1 is 1.20 bits per heavy atom. The fraction of sp³-hybridized carbons (Fsp3) is 0.0714. The third kappa shape index (κ3) is 1.82. The van der Waals surface area contributed by atoms with E-state index in [1.165, 1.54) is 11.5 Å². The molecule has 0 bridgehead atoms. The molecule has 0 amide bonds. The smallest absolute Gasteiger partial charge is 0.206 e. The predicted octanol–water partition coefficient (Wildman–Crippen LogP) is 3.85. The lowest BCUT2D eigenvalue weighted by atomic mass is 10.2. The van der Waals surface area contributed by atoms with E-state index in [0.29, 0.717) is 16.1 Å². The predicted molar refractivity (Wildman–Crippen MR) is 75.1 cm³/mol. The lowest BCUT2D eigenvalue weighted by molar-refractivity contribution is 0.587. The highest BCUT2D eigenvalue weighted by molar-refractivity contribution is 6.35. The lowest BCUT2D eigenvalue weighted by Gasteiger charge is -2.09. The lowest BCUT2D eigenvalue weighted by Crippen LogP contribution is -2.04. The number of hydrogen-bond acceptors (Lipinski definition) is 2. The van der Waals surface area contributed by atoms with Gasteiger partial charge in [-0.15, -0.1) is 0 Å². The van der Waals surface area contributed by atoms with Gasteiger partial charge in [-0.3, -0.25) is 4.57 Å². The Bertz CT molecular complexity index is 827. The van der Waals surface area contributed by atoms with E-state index >= 15 is 0 Å². The summed E-state index contributed by atoms with van der Waals surface area (Å²) < 4.78 is 29.1. The number of halogens is 3. The van der Waals surface area contributed by atoms with Gasteiger partial charge in [-0.2, -0.15) is 0 Å². The zero-order valence-electron chi connectivity index (χ0n) is 10.5. The fourth-order valence-electron chi connectivity index (χ4n) is 2.14. The standard InChI is InChI=1S/C14H10ClF2N3/c1-7-5-10(17)12(6-9(7)16)20-11-4-2-3-8(15)13(11)19-14(20)18/h2-6H,1H3,(H2,18,19). The van der Waals surface area contributed by atoms with Crippen molar-refractivity contribution in [1.29, 1.82) is 0 Å². The molecule has 0 radical (unpaired) electrons. The van der Waals surface area contributed by atoms with Gasteiger partial charge in [0, 0.05) is 6.07 Å². The van der Waals surface area contributed by atoms with Crippen LogP contribution in [0, 0.1) is 18.6 Å². The van der Waals surface area contributed by atoms with Crippen molar-refractivity contribution in [3.63, 3.8) is 0 Å². The zero-order valence-corrected chi connectivity index (χ0v) is 11.2. The summed E-state index contributed by atoms with van der Waals surface area (Å²) in [5, 5.41) is 0.404. The number of nitrogen functional groups attached to an aromatic ring is 1. The summed E-state index contributed by atoms with van der Waals surface area (Å²) in [7, 11) is 0. The molecule has 2 aromatic carbocycles. The van der Waals surface area contributed by atoms with E-state index in [-0.39, 0.29) is 17.2 Å². The van der Waals surface area contributed by atoms with E-state index in [1.54, 1.807) is 18.2 Å². The molecule has 3 rings (SSSR count). The number of nitrogens with two attached hydrogens (primary N) is 1. The van der Waals surface area contributed by atoms with Crippen LogP contribution in [0.2, 0.25) is 5.02 Å². The van der Waals surface area contributed by atoms with Gasteiger partial charge in [0.25, 0.3) is 0 Å². The largest absolute Gasteiger partial charge is 0.369 e. The van der Waals surface area contributed by atoms with Crippen LogP contribution in [0.5, 0.6) is 0 Å². The molecule has 0 aliphatic carbocycles. The summed E-state index contributed by atoms with van der Waals surface area (Å²) >= 11 is 6.03. The second-order valence-corrected chi connectivity index (χ2v) is 4.87. The summed E-state index contributed by atoms with van der Waals surface area (Å²) in [5.41, 5.74) is 7.03. The van der Waals surface area contributed by atoms with Gasteiger partial charge in [0.15, 0.2) is 0 Å². The Balaban J connectivity index is 2.38. The van der Waals surface area contributed by atoms with E-state index in [1.807, 2.05) is 0 Å². The topological polar surface area (TPSA) is 43.8 Å². The number of aryl methyl sites for hydroxylation is 1. The van der Waals surface area contributed by atoms with Crippen LogP contribution in [0.25, 0.3) is 16.7 Å². The third-order valence-corrected chi connectivity index (χ3v) is 3.44. The summed E-state index contributed by atoms with van der Waals surface area (Å²) in [5.74, 6) is -1.03. The minimum atomic E-state index is -0.574. The first kappa shape index (κ1) is 12.9. The van der Waals surface area contributed by atoms with Gasteiger partial charge in [0.05, 0.1) is 16.2 Å². The number of imidazole rings is 1. The van der Waals surface area contributed by atoms with Crippen molar-refractivity contribution < 1.29 is 8.78 Å². The minimum Gasteiger partial charge on any atom is -0.369 e. The third-order valence-electron chi connectivity index (χ3n) is 3.13. The number of para-hydroxylation sites is 1. The molecule has 2 N–H and O–H groups in total. The molecule has 102 valence electrons. The molecular weight excluding hydrogens is 284 g/mol. The Labute approximate surface area is 118 Å². The Hall–Kier alpha value is -2.14. The Kier molecular flexibility index (Phi) is 2.87. The quantitative estimate of drug-likeness (QED) is 0.740. The summed E-state index contributed by atoms with van der Waals surface area (Å²) in [4.78, 5) is 4.10. The number of nitrogens with zero attached hydrogens (tertiary/aromatic N) is 2. The first-order valence-electron chi connectivity index (χ1n) is 5.87. The van der Waals surface area contributed by atoms with Crippen LogP contribution in [-0.2, 0) is 0 Å². The zero-order chi connectivity index (χ0) is 14.4. The minimum absolute atomic E-state index is 0.00960. The highest BCUT2D eigenvalue weighted by atomic mass is 35.5. The van der Waals surface area contributed by atoms with E-state index in [4.69, 9.17) is 17.3 Å². The number of aromatic nitrogens is 2. The molecule has 0 unspecified atom stereocenters. The molecule has 1 aromatic heterocycles. The fourth-order valence-corrected chi connectivity index (χ4v) is 2.36. The van der Waals surface area contributed by atoms with Crippen LogP contribution in [0.1, 0.15) is 5.56 Å². The first-order valence-corrected chi connectivity index (χ1v) is 6.25. The van der Waals surface area contributed by atoms with Crippen LogP contribution >= 0.6 is 11.6 Å². The molecule has 0 spiro atoms. The van der Waals surface area contributed by atoms with Gasteiger partial charge in [-0.25, -0.2) is 13.8 Å². The van der Waals surface area contributed by atoms with Crippen LogP contribution in [0.4, 0.5) is 14.7 Å². The maximum Gasteiger partial charge on any atom is 0.206 e. The van der Waals surface area contributed by atoms with Crippen molar-refractivity contribution in [3.8, 4) is 5.69 Å². The summed E-state index contributed by atoms with van der Waals surface area (Å²) in [6.07, 6.45) is 0.